The molecule has 1 aromatic rings. The van der Waals surface area contributed by atoms with E-state index in [2.05, 4.69) is 0 Å². The van der Waals surface area contributed by atoms with Crippen LogP contribution in [0.3, 0.4) is 0 Å². The van der Waals surface area contributed by atoms with E-state index in [4.69, 9.17) is 14.2 Å². The topological polar surface area (TPSA) is 44.8 Å². The molecule has 0 fully saturated rings. The molecule has 0 unspecified atom stereocenters. The maximum absolute atomic E-state index is 10.4. The van der Waals surface area contributed by atoms with Crippen LogP contribution in [-0.4, -0.2) is 27.6 Å². The molecule has 0 aliphatic heterocycles. The first kappa shape index (κ1) is 13.5. The highest BCUT2D eigenvalue weighted by Gasteiger charge is 2.12. The number of hydrogen-bond donors (Lipinski definition) is 0. The highest BCUT2D eigenvalue weighted by Crippen LogP contribution is 2.33. The molecule has 1 aromatic carbocycles. The van der Waals surface area contributed by atoms with Crippen molar-refractivity contribution in [2.24, 2.45) is 0 Å². The lowest BCUT2D eigenvalue weighted by atomic mass is 10.0. The molecule has 0 aliphatic rings. The molecule has 0 aliphatic carbocycles. The maximum atomic E-state index is 10.4. The zero-order chi connectivity index (χ0) is 12.7. The summed E-state index contributed by atoms with van der Waals surface area (Å²) in [6.45, 7) is 0.508. The van der Waals surface area contributed by atoms with Gasteiger partial charge in [0.15, 0.2) is 11.5 Å². The van der Waals surface area contributed by atoms with Gasteiger partial charge in [-0.2, -0.15) is 0 Å². The number of carbonyl (C=O) groups is 1. The molecule has 0 spiro atoms. The molecule has 0 N–H and O–H groups in total. The molecular formula is C13H18O4. The van der Waals surface area contributed by atoms with E-state index in [9.17, 15) is 4.79 Å². The van der Waals surface area contributed by atoms with E-state index >= 15 is 0 Å². The van der Waals surface area contributed by atoms with Gasteiger partial charge in [-0.1, -0.05) is 0 Å². The van der Waals surface area contributed by atoms with E-state index in [-0.39, 0.29) is 0 Å². The monoisotopic (exact) mass is 238 g/mol. The average Bonchev–Trinajstić information content (AvgIpc) is 2.35. The quantitative estimate of drug-likeness (QED) is 0.681. The van der Waals surface area contributed by atoms with Gasteiger partial charge in [0.1, 0.15) is 6.29 Å². The van der Waals surface area contributed by atoms with Gasteiger partial charge in [-0.3, -0.25) is 0 Å². The number of carbonyl (C=O) groups excluding carboxylic acids is 1. The molecule has 0 heterocycles. The lowest BCUT2D eigenvalue weighted by Gasteiger charge is -2.14. The van der Waals surface area contributed by atoms with Gasteiger partial charge < -0.3 is 19.0 Å². The van der Waals surface area contributed by atoms with Gasteiger partial charge in [-0.15, -0.1) is 0 Å². The van der Waals surface area contributed by atoms with E-state index in [0.717, 1.165) is 17.4 Å². The molecular weight excluding hydrogens is 220 g/mol. The highest BCUT2D eigenvalue weighted by molar-refractivity contribution is 5.54. The van der Waals surface area contributed by atoms with Crippen LogP contribution in [0.1, 0.15) is 17.5 Å². The first-order chi connectivity index (χ1) is 8.26. The first-order valence-corrected chi connectivity index (χ1v) is 5.43. The van der Waals surface area contributed by atoms with Crippen LogP contribution in [0.15, 0.2) is 12.1 Å². The molecule has 0 saturated heterocycles. The van der Waals surface area contributed by atoms with Crippen LogP contribution in [0, 0.1) is 0 Å². The second-order valence-electron chi connectivity index (χ2n) is 3.63. The largest absolute Gasteiger partial charge is 0.493 e. The summed E-state index contributed by atoms with van der Waals surface area (Å²) in [4.78, 5) is 10.4. The van der Waals surface area contributed by atoms with Crippen molar-refractivity contribution in [3.8, 4) is 11.5 Å². The molecule has 4 nitrogen and oxygen atoms in total. The molecule has 4 heteroatoms. The van der Waals surface area contributed by atoms with Gasteiger partial charge >= 0.3 is 0 Å². The fourth-order valence-corrected chi connectivity index (χ4v) is 1.76. The summed E-state index contributed by atoms with van der Waals surface area (Å²) >= 11 is 0. The average molecular weight is 238 g/mol. The first-order valence-electron chi connectivity index (χ1n) is 5.43. The molecule has 0 saturated carbocycles. The Kier molecular flexibility index (Phi) is 5.49. The zero-order valence-corrected chi connectivity index (χ0v) is 10.5. The number of rotatable bonds is 7. The standard InChI is InChI=1S/C13H18O4/c1-15-9-10-7-11(5-4-6-14)13(17-3)12(8-10)16-2/h6-8H,4-5,9H2,1-3H3. The normalized spacial score (nSPS) is 10.1. The number of aryl methyl sites for hydroxylation is 1. The Morgan fingerprint density at radius 2 is 1.94 bits per heavy atom. The van der Waals surface area contributed by atoms with Crippen LogP contribution >= 0.6 is 0 Å². The van der Waals surface area contributed by atoms with Crippen molar-refractivity contribution in [3.05, 3.63) is 23.3 Å². The molecule has 1 rings (SSSR count). The third kappa shape index (κ3) is 3.46. The number of benzene rings is 1. The van der Waals surface area contributed by atoms with Gasteiger partial charge in [0, 0.05) is 13.5 Å². The van der Waals surface area contributed by atoms with Crippen LogP contribution < -0.4 is 9.47 Å². The molecule has 17 heavy (non-hydrogen) atoms. The van der Waals surface area contributed by atoms with E-state index in [1.807, 2.05) is 12.1 Å². The fourth-order valence-electron chi connectivity index (χ4n) is 1.76. The van der Waals surface area contributed by atoms with Crippen LogP contribution in [0.5, 0.6) is 11.5 Å². The third-order valence-electron chi connectivity index (χ3n) is 2.46. The summed E-state index contributed by atoms with van der Waals surface area (Å²) < 4.78 is 15.7. The number of aldehydes is 1. The van der Waals surface area contributed by atoms with Crippen LogP contribution in [0.4, 0.5) is 0 Å². The zero-order valence-electron chi connectivity index (χ0n) is 10.5. The SMILES string of the molecule is COCc1cc(CCC=O)c(OC)c(OC)c1. The van der Waals surface area contributed by atoms with Crippen molar-refractivity contribution in [1.29, 1.82) is 0 Å². The fraction of sp³-hybridized carbons (Fsp3) is 0.462. The third-order valence-corrected chi connectivity index (χ3v) is 2.46. The Morgan fingerprint density at radius 1 is 1.18 bits per heavy atom. The summed E-state index contributed by atoms with van der Waals surface area (Å²) in [7, 11) is 4.83. The highest BCUT2D eigenvalue weighted by atomic mass is 16.5. The summed E-state index contributed by atoms with van der Waals surface area (Å²) in [6, 6.07) is 3.86. The Hall–Kier alpha value is -1.55. The van der Waals surface area contributed by atoms with Gasteiger partial charge in [0.25, 0.3) is 0 Å². The van der Waals surface area contributed by atoms with Crippen molar-refractivity contribution < 1.29 is 19.0 Å². The van der Waals surface area contributed by atoms with Crippen molar-refractivity contribution in [2.45, 2.75) is 19.4 Å². The van der Waals surface area contributed by atoms with E-state index < -0.39 is 0 Å². The van der Waals surface area contributed by atoms with Crippen molar-refractivity contribution in [2.75, 3.05) is 21.3 Å². The van der Waals surface area contributed by atoms with Gasteiger partial charge in [0.05, 0.1) is 20.8 Å². The molecule has 0 radical (unpaired) electrons. The van der Waals surface area contributed by atoms with Gasteiger partial charge in [0.2, 0.25) is 0 Å². The minimum atomic E-state index is 0.468. The van der Waals surface area contributed by atoms with E-state index in [0.29, 0.717) is 30.9 Å². The number of hydrogen-bond acceptors (Lipinski definition) is 4. The minimum absolute atomic E-state index is 0.468. The van der Waals surface area contributed by atoms with Crippen LogP contribution in [-0.2, 0) is 22.6 Å². The summed E-state index contributed by atoms with van der Waals surface area (Å²) in [5, 5.41) is 0. The second kappa shape index (κ2) is 6.91. The predicted octanol–water partition coefficient (Wildman–Crippen LogP) is 1.98. The number of ether oxygens (including phenoxy) is 3. The lowest BCUT2D eigenvalue weighted by Crippen LogP contribution is -2.00. The van der Waals surface area contributed by atoms with Gasteiger partial charge in [-0.25, -0.2) is 0 Å². The van der Waals surface area contributed by atoms with Crippen LogP contribution in [0.25, 0.3) is 0 Å². The molecule has 0 atom stereocenters. The summed E-state index contributed by atoms with van der Waals surface area (Å²) in [5.74, 6) is 1.36. The lowest BCUT2D eigenvalue weighted by molar-refractivity contribution is -0.107. The molecule has 0 amide bonds. The van der Waals surface area contributed by atoms with E-state index in [1.54, 1.807) is 21.3 Å². The second-order valence-corrected chi connectivity index (χ2v) is 3.63. The molecule has 0 aromatic heterocycles. The van der Waals surface area contributed by atoms with Crippen LogP contribution in [0.2, 0.25) is 0 Å². The summed E-state index contributed by atoms with van der Waals surface area (Å²) in [6.07, 6.45) is 2.01. The maximum Gasteiger partial charge on any atom is 0.163 e. The minimum Gasteiger partial charge on any atom is -0.493 e. The van der Waals surface area contributed by atoms with Gasteiger partial charge in [-0.05, 0) is 29.7 Å². The number of methoxy groups -OCH3 is 3. The Bertz CT molecular complexity index is 374. The Labute approximate surface area is 101 Å². The van der Waals surface area contributed by atoms with Crippen molar-refractivity contribution in [1.82, 2.24) is 0 Å². The Balaban J connectivity index is 3.11. The predicted molar refractivity (Wildman–Crippen MR) is 64.6 cm³/mol. The summed E-state index contributed by atoms with van der Waals surface area (Å²) in [5.41, 5.74) is 1.97. The van der Waals surface area contributed by atoms with Crippen molar-refractivity contribution >= 4 is 6.29 Å². The van der Waals surface area contributed by atoms with Crippen molar-refractivity contribution in [3.63, 3.8) is 0 Å². The molecule has 94 valence electrons. The Morgan fingerprint density at radius 3 is 2.47 bits per heavy atom. The van der Waals surface area contributed by atoms with E-state index in [1.165, 1.54) is 0 Å². The molecule has 0 bridgehead atoms. The smallest absolute Gasteiger partial charge is 0.163 e.